The molecule has 3 aromatic heterocycles. The number of rotatable bonds is 4. The van der Waals surface area contributed by atoms with E-state index in [-0.39, 0.29) is 23.5 Å². The number of phenolic OH excluding ortho intramolecular Hbond substituents is 1. The lowest BCUT2D eigenvalue weighted by Crippen LogP contribution is -2.30. The fraction of sp³-hybridized carbons (Fsp3) is 0.103. The second-order valence-electron chi connectivity index (χ2n) is 9.57. The first-order valence-corrected chi connectivity index (χ1v) is 12.8. The van der Waals surface area contributed by atoms with Crippen molar-refractivity contribution in [3.05, 3.63) is 89.9 Å². The quantitative estimate of drug-likeness (QED) is 0.180. The summed E-state index contributed by atoms with van der Waals surface area (Å²) in [6.07, 6.45) is 1.77. The molecule has 9 heteroatoms. The second kappa shape index (κ2) is 8.43. The molecular weight excluding hydrogens is 502 g/mol. The van der Waals surface area contributed by atoms with Gasteiger partial charge in [-0.1, -0.05) is 18.2 Å². The van der Waals surface area contributed by atoms with Crippen LogP contribution in [0.4, 0.5) is 11.4 Å². The summed E-state index contributed by atoms with van der Waals surface area (Å²) in [4.78, 5) is 37.5. The Hall–Kier alpha value is -4.69. The van der Waals surface area contributed by atoms with E-state index < -0.39 is 0 Å². The maximum absolute atomic E-state index is 13.6. The molecule has 0 bridgehead atoms. The third-order valence-corrected chi connectivity index (χ3v) is 7.63. The van der Waals surface area contributed by atoms with Gasteiger partial charge >= 0.3 is 0 Å². The Balaban J connectivity index is 1.18. The number of nitrogens with one attached hydrogen (secondary N) is 4. The maximum atomic E-state index is 13.6. The van der Waals surface area contributed by atoms with Crippen molar-refractivity contribution < 1.29 is 14.7 Å². The lowest BCUT2D eigenvalue weighted by molar-refractivity contribution is 0.0983. The number of aromatic amines is 3. The summed E-state index contributed by atoms with van der Waals surface area (Å²) in [6.45, 7) is 0.419. The lowest BCUT2D eigenvalue weighted by Gasteiger charge is -2.17. The number of H-pyrrole nitrogens is 3. The number of aromatic nitrogens is 3. The number of amides is 2. The number of aromatic hydroxyl groups is 1. The van der Waals surface area contributed by atoms with E-state index in [9.17, 15) is 14.7 Å². The molecule has 2 amide bonds. The van der Waals surface area contributed by atoms with Crippen molar-refractivity contribution in [3.8, 4) is 5.75 Å². The van der Waals surface area contributed by atoms with Crippen molar-refractivity contribution >= 4 is 67.5 Å². The summed E-state index contributed by atoms with van der Waals surface area (Å²) in [7, 11) is 0. The van der Waals surface area contributed by atoms with Crippen molar-refractivity contribution in [3.63, 3.8) is 0 Å². The average Bonchev–Trinajstić information content (AvgIpc) is 3.71. The van der Waals surface area contributed by atoms with Gasteiger partial charge < -0.3 is 30.3 Å². The van der Waals surface area contributed by atoms with E-state index in [2.05, 4.69) is 20.3 Å². The number of phenols is 1. The largest absolute Gasteiger partial charge is 0.506 e. The third kappa shape index (κ3) is 3.45. The second-order valence-corrected chi connectivity index (χ2v) is 9.88. The Kier molecular flexibility index (Phi) is 4.99. The molecular formula is C29H22ClN5O3. The number of benzene rings is 3. The number of hydrogen-bond donors (Lipinski definition) is 5. The number of halogens is 1. The van der Waals surface area contributed by atoms with Gasteiger partial charge in [0.05, 0.1) is 11.2 Å². The summed E-state index contributed by atoms with van der Waals surface area (Å²) < 4.78 is 0. The Bertz CT molecular complexity index is 1870. The Morgan fingerprint density at radius 2 is 1.76 bits per heavy atom. The van der Waals surface area contributed by atoms with Gasteiger partial charge in [-0.3, -0.25) is 9.59 Å². The number of alkyl halides is 1. The molecule has 0 saturated carbocycles. The molecule has 0 saturated heterocycles. The van der Waals surface area contributed by atoms with Gasteiger partial charge in [-0.2, -0.15) is 0 Å². The highest BCUT2D eigenvalue weighted by Gasteiger charge is 2.35. The summed E-state index contributed by atoms with van der Waals surface area (Å²) in [5.74, 6) is -0.0697. The summed E-state index contributed by atoms with van der Waals surface area (Å²) >= 11 is 6.29. The number of anilines is 2. The maximum Gasteiger partial charge on any atom is 0.274 e. The molecule has 1 aliphatic heterocycles. The Morgan fingerprint density at radius 3 is 2.61 bits per heavy atom. The molecule has 1 atom stereocenters. The molecule has 0 unspecified atom stereocenters. The van der Waals surface area contributed by atoms with E-state index in [0.717, 1.165) is 32.8 Å². The van der Waals surface area contributed by atoms with Crippen LogP contribution in [0.15, 0.2) is 72.9 Å². The highest BCUT2D eigenvalue weighted by atomic mass is 35.5. The van der Waals surface area contributed by atoms with Gasteiger partial charge in [0.25, 0.3) is 11.8 Å². The van der Waals surface area contributed by atoms with Crippen molar-refractivity contribution in [2.24, 2.45) is 0 Å². The molecule has 8 nitrogen and oxygen atoms in total. The van der Waals surface area contributed by atoms with Crippen LogP contribution in [0.2, 0.25) is 0 Å². The zero-order chi connectivity index (χ0) is 26.0. The molecule has 1 aliphatic rings. The first-order chi connectivity index (χ1) is 18.5. The zero-order valence-corrected chi connectivity index (χ0v) is 20.8. The molecule has 7 rings (SSSR count). The molecule has 5 N–H and O–H groups in total. The van der Waals surface area contributed by atoms with Crippen LogP contribution >= 0.6 is 11.6 Å². The van der Waals surface area contributed by atoms with Gasteiger partial charge in [-0.25, -0.2) is 0 Å². The van der Waals surface area contributed by atoms with E-state index in [1.165, 1.54) is 0 Å². The van der Waals surface area contributed by atoms with Crippen molar-refractivity contribution in [1.82, 2.24) is 15.0 Å². The number of nitrogens with zero attached hydrogens (tertiary/aromatic N) is 1. The minimum absolute atomic E-state index is 0.0506. The number of fused-ring (bicyclic) bond motifs is 5. The van der Waals surface area contributed by atoms with Gasteiger partial charge in [0.15, 0.2) is 0 Å². The molecule has 38 heavy (non-hydrogen) atoms. The van der Waals surface area contributed by atoms with Gasteiger partial charge in [-0.05, 0) is 48.0 Å². The van der Waals surface area contributed by atoms with Crippen LogP contribution in [-0.4, -0.2) is 44.3 Å². The number of para-hydroxylation sites is 1. The zero-order valence-electron chi connectivity index (χ0n) is 20.0. The van der Waals surface area contributed by atoms with E-state index in [1.807, 2.05) is 48.5 Å². The third-order valence-electron chi connectivity index (χ3n) is 7.26. The van der Waals surface area contributed by atoms with Crippen LogP contribution in [0.25, 0.3) is 32.7 Å². The van der Waals surface area contributed by atoms with Gasteiger partial charge in [0, 0.05) is 63.5 Å². The Labute approximate surface area is 221 Å². The highest BCUT2D eigenvalue weighted by molar-refractivity contribution is 6.19. The monoisotopic (exact) mass is 523 g/mol. The van der Waals surface area contributed by atoms with E-state index in [0.29, 0.717) is 40.7 Å². The topological polar surface area (TPSA) is 117 Å². The SMILES string of the molecule is O=C(Nc1ccc2[nH]c(C(=O)N3C[C@@H](CCl)c4c3cc(O)c3[nH]ccc43)cc2c1)c1cc2ccccc2[nH]1. The fourth-order valence-electron chi connectivity index (χ4n) is 5.47. The summed E-state index contributed by atoms with van der Waals surface area (Å²) in [5.41, 5.74) is 5.43. The molecule has 0 radical (unpaired) electrons. The van der Waals surface area contributed by atoms with Crippen LogP contribution in [-0.2, 0) is 0 Å². The van der Waals surface area contributed by atoms with Crippen molar-refractivity contribution in [2.75, 3.05) is 22.6 Å². The fourth-order valence-corrected chi connectivity index (χ4v) is 5.72. The first kappa shape index (κ1) is 22.5. The molecule has 4 heterocycles. The summed E-state index contributed by atoms with van der Waals surface area (Å²) in [6, 6.07) is 20.3. The highest BCUT2D eigenvalue weighted by Crippen LogP contribution is 2.45. The molecule has 0 aliphatic carbocycles. The number of carbonyl (C=O) groups excluding carboxylic acids is 2. The summed E-state index contributed by atoms with van der Waals surface area (Å²) in [5, 5.41) is 16.1. The molecule has 6 aromatic rings. The van der Waals surface area contributed by atoms with E-state index in [1.54, 1.807) is 29.3 Å². The van der Waals surface area contributed by atoms with Gasteiger partial charge in [-0.15, -0.1) is 11.6 Å². The smallest absolute Gasteiger partial charge is 0.274 e. The molecule has 0 spiro atoms. The molecule has 188 valence electrons. The van der Waals surface area contributed by atoms with Gasteiger partial charge in [0.1, 0.15) is 17.1 Å². The lowest BCUT2D eigenvalue weighted by atomic mass is 9.99. The van der Waals surface area contributed by atoms with E-state index >= 15 is 0 Å². The minimum Gasteiger partial charge on any atom is -0.506 e. The number of carbonyl (C=O) groups is 2. The Morgan fingerprint density at radius 1 is 0.974 bits per heavy atom. The normalized spacial score (nSPS) is 15.0. The van der Waals surface area contributed by atoms with Crippen LogP contribution in [0.3, 0.4) is 0 Å². The predicted molar refractivity (Wildman–Crippen MR) is 150 cm³/mol. The van der Waals surface area contributed by atoms with Crippen LogP contribution in [0.5, 0.6) is 5.75 Å². The minimum atomic E-state index is -0.246. The molecule has 3 aromatic carbocycles. The van der Waals surface area contributed by atoms with Gasteiger partial charge in [0.2, 0.25) is 0 Å². The standard InChI is InChI=1S/C29H22ClN5O3/c30-13-17-14-35(24-12-25(36)27-19(26(17)24)7-8-31-27)29(38)23-11-16-9-18(5-6-21(16)34-23)32-28(37)22-10-15-3-1-2-4-20(15)33-22/h1-12,17,31,33-34,36H,13-14H2,(H,32,37)/t17-/m1/s1. The predicted octanol–water partition coefficient (Wildman–Crippen LogP) is 6.07. The average molecular weight is 524 g/mol. The molecule has 0 fully saturated rings. The first-order valence-electron chi connectivity index (χ1n) is 12.2. The van der Waals surface area contributed by atoms with Crippen molar-refractivity contribution in [1.29, 1.82) is 0 Å². The van der Waals surface area contributed by atoms with Crippen LogP contribution in [0, 0.1) is 0 Å². The number of hydrogen-bond acceptors (Lipinski definition) is 3. The van der Waals surface area contributed by atoms with Crippen molar-refractivity contribution in [2.45, 2.75) is 5.92 Å². The van der Waals surface area contributed by atoms with Crippen LogP contribution in [0.1, 0.15) is 32.5 Å². The van der Waals surface area contributed by atoms with Crippen LogP contribution < -0.4 is 10.2 Å². The van der Waals surface area contributed by atoms with E-state index in [4.69, 9.17) is 11.6 Å².